The summed E-state index contributed by atoms with van der Waals surface area (Å²) < 4.78 is 1.78. The lowest BCUT2D eigenvalue weighted by molar-refractivity contribution is 0.0690. The molecule has 0 aliphatic carbocycles. The predicted octanol–water partition coefficient (Wildman–Crippen LogP) is 2.17. The van der Waals surface area contributed by atoms with E-state index in [-0.39, 0.29) is 5.69 Å². The van der Waals surface area contributed by atoms with E-state index in [0.717, 1.165) is 26.8 Å². The van der Waals surface area contributed by atoms with Gasteiger partial charge in [-0.2, -0.15) is 5.10 Å². The molecule has 0 unspecified atom stereocenters. The highest BCUT2D eigenvalue weighted by molar-refractivity contribution is 7.15. The lowest BCUT2D eigenvalue weighted by Crippen LogP contribution is -1.98. The molecule has 0 bridgehead atoms. The fourth-order valence-electron chi connectivity index (χ4n) is 1.78. The van der Waals surface area contributed by atoms with Crippen molar-refractivity contribution in [2.45, 2.75) is 20.8 Å². The second-order valence-electron chi connectivity index (χ2n) is 3.90. The number of carboxylic acid groups (broad SMARTS) is 1. The largest absolute Gasteiger partial charge is 0.476 e. The molecule has 0 radical (unpaired) electrons. The molecule has 5 nitrogen and oxygen atoms in total. The lowest BCUT2D eigenvalue weighted by Gasteiger charge is -1.96. The molecule has 0 fully saturated rings. The molecule has 2 aromatic heterocycles. The molecule has 0 saturated carbocycles. The molecule has 0 spiro atoms. The van der Waals surface area contributed by atoms with Gasteiger partial charge in [-0.3, -0.25) is 4.68 Å². The maximum atomic E-state index is 11.0. The predicted molar refractivity (Wildman–Crippen MR) is 65.5 cm³/mol. The van der Waals surface area contributed by atoms with Gasteiger partial charge in [0, 0.05) is 17.6 Å². The van der Waals surface area contributed by atoms with Crippen LogP contribution in [0.5, 0.6) is 0 Å². The summed E-state index contributed by atoms with van der Waals surface area (Å²) in [7, 11) is 1.87. The minimum absolute atomic E-state index is 0.132. The SMILES string of the molecule is Cc1nn(C)c(C)c1-c1nc(C(=O)O)c(C)s1. The minimum atomic E-state index is -0.982. The van der Waals surface area contributed by atoms with Crippen molar-refractivity contribution in [3.63, 3.8) is 0 Å². The van der Waals surface area contributed by atoms with Crippen LogP contribution in [0.1, 0.15) is 26.8 Å². The second kappa shape index (κ2) is 3.96. The van der Waals surface area contributed by atoms with Gasteiger partial charge in [-0.15, -0.1) is 11.3 Å². The van der Waals surface area contributed by atoms with Gasteiger partial charge in [0.15, 0.2) is 5.69 Å². The average Bonchev–Trinajstić information content (AvgIpc) is 2.70. The monoisotopic (exact) mass is 251 g/mol. The number of nitrogens with zero attached hydrogens (tertiary/aromatic N) is 3. The minimum Gasteiger partial charge on any atom is -0.476 e. The Balaban J connectivity index is 2.61. The molecule has 0 atom stereocenters. The molecule has 0 aromatic carbocycles. The van der Waals surface area contributed by atoms with Gasteiger partial charge in [0.2, 0.25) is 0 Å². The van der Waals surface area contributed by atoms with Crippen molar-refractivity contribution >= 4 is 17.3 Å². The molecule has 2 heterocycles. The first-order valence-electron chi connectivity index (χ1n) is 5.13. The number of carbonyl (C=O) groups is 1. The van der Waals surface area contributed by atoms with Gasteiger partial charge in [0.1, 0.15) is 5.01 Å². The molecular weight excluding hydrogens is 238 g/mol. The van der Waals surface area contributed by atoms with E-state index in [9.17, 15) is 4.79 Å². The van der Waals surface area contributed by atoms with Crippen LogP contribution in [0.2, 0.25) is 0 Å². The lowest BCUT2D eigenvalue weighted by atomic mass is 10.2. The summed E-state index contributed by atoms with van der Waals surface area (Å²) in [6.07, 6.45) is 0. The van der Waals surface area contributed by atoms with Gasteiger partial charge in [0.25, 0.3) is 0 Å². The number of carboxylic acids is 1. The van der Waals surface area contributed by atoms with Crippen LogP contribution in [-0.2, 0) is 7.05 Å². The quantitative estimate of drug-likeness (QED) is 0.888. The number of hydrogen-bond donors (Lipinski definition) is 1. The van der Waals surface area contributed by atoms with Crippen LogP contribution in [0.25, 0.3) is 10.6 Å². The van der Waals surface area contributed by atoms with Crippen LogP contribution in [-0.4, -0.2) is 25.8 Å². The van der Waals surface area contributed by atoms with Crippen molar-refractivity contribution in [1.29, 1.82) is 0 Å². The van der Waals surface area contributed by atoms with Crippen LogP contribution in [0.3, 0.4) is 0 Å². The summed E-state index contributed by atoms with van der Waals surface area (Å²) in [5.74, 6) is -0.982. The molecular formula is C11H13N3O2S. The van der Waals surface area contributed by atoms with E-state index in [1.165, 1.54) is 11.3 Å². The number of aromatic carboxylic acids is 1. The number of thiazole rings is 1. The van der Waals surface area contributed by atoms with E-state index >= 15 is 0 Å². The van der Waals surface area contributed by atoms with E-state index in [4.69, 9.17) is 5.11 Å². The summed E-state index contributed by atoms with van der Waals surface area (Å²) in [6.45, 7) is 5.62. The normalized spacial score (nSPS) is 10.8. The first kappa shape index (κ1) is 11.8. The zero-order chi connectivity index (χ0) is 12.7. The zero-order valence-electron chi connectivity index (χ0n) is 10.1. The molecule has 0 aliphatic rings. The number of hydrogen-bond acceptors (Lipinski definition) is 4. The standard InChI is InChI=1S/C11H13N3O2S/c1-5-8(6(2)14(4)13-5)10-12-9(11(15)16)7(3)17-10/h1-4H3,(H,15,16). The maximum absolute atomic E-state index is 11.0. The van der Waals surface area contributed by atoms with Gasteiger partial charge in [0.05, 0.1) is 11.3 Å². The van der Waals surface area contributed by atoms with Crippen molar-refractivity contribution in [2.75, 3.05) is 0 Å². The Morgan fingerprint density at radius 3 is 2.41 bits per heavy atom. The smallest absolute Gasteiger partial charge is 0.355 e. The third kappa shape index (κ3) is 1.84. The first-order chi connectivity index (χ1) is 7.91. The molecule has 0 aliphatic heterocycles. The maximum Gasteiger partial charge on any atom is 0.355 e. The molecule has 0 saturated heterocycles. The van der Waals surface area contributed by atoms with Crippen molar-refractivity contribution in [1.82, 2.24) is 14.8 Å². The molecule has 2 aromatic rings. The van der Waals surface area contributed by atoms with E-state index in [1.807, 2.05) is 20.9 Å². The Morgan fingerprint density at radius 1 is 1.35 bits per heavy atom. The van der Waals surface area contributed by atoms with E-state index in [0.29, 0.717) is 0 Å². The van der Waals surface area contributed by atoms with Crippen molar-refractivity contribution in [3.8, 4) is 10.6 Å². The van der Waals surface area contributed by atoms with Gasteiger partial charge < -0.3 is 5.11 Å². The highest BCUT2D eigenvalue weighted by atomic mass is 32.1. The van der Waals surface area contributed by atoms with Gasteiger partial charge in [-0.05, 0) is 20.8 Å². The number of aromatic nitrogens is 3. The molecule has 1 N–H and O–H groups in total. The first-order valence-corrected chi connectivity index (χ1v) is 5.94. The topological polar surface area (TPSA) is 68.0 Å². The van der Waals surface area contributed by atoms with E-state index < -0.39 is 5.97 Å². The Hall–Kier alpha value is -1.69. The van der Waals surface area contributed by atoms with Crippen LogP contribution < -0.4 is 0 Å². The average molecular weight is 251 g/mol. The Bertz CT molecular complexity index is 598. The van der Waals surface area contributed by atoms with E-state index in [2.05, 4.69) is 10.1 Å². The summed E-state index contributed by atoms with van der Waals surface area (Å²) in [5, 5.41) is 14.0. The third-order valence-corrected chi connectivity index (χ3v) is 3.71. The van der Waals surface area contributed by atoms with Crippen LogP contribution in [0.15, 0.2) is 0 Å². The molecule has 90 valence electrons. The Labute approximate surface area is 103 Å². The summed E-state index contributed by atoms with van der Waals surface area (Å²) in [4.78, 5) is 15.9. The summed E-state index contributed by atoms with van der Waals surface area (Å²) >= 11 is 1.39. The third-order valence-electron chi connectivity index (χ3n) is 2.72. The fourth-order valence-corrected chi connectivity index (χ4v) is 2.84. The number of rotatable bonds is 2. The van der Waals surface area contributed by atoms with Crippen LogP contribution in [0, 0.1) is 20.8 Å². The summed E-state index contributed by atoms with van der Waals surface area (Å²) in [5.41, 5.74) is 2.93. The summed E-state index contributed by atoms with van der Waals surface area (Å²) in [6, 6.07) is 0. The highest BCUT2D eigenvalue weighted by Crippen LogP contribution is 2.31. The molecule has 0 amide bonds. The van der Waals surface area contributed by atoms with Crippen LogP contribution >= 0.6 is 11.3 Å². The van der Waals surface area contributed by atoms with Gasteiger partial charge >= 0.3 is 5.97 Å². The number of aryl methyl sites for hydroxylation is 3. The van der Waals surface area contributed by atoms with Gasteiger partial charge in [-0.1, -0.05) is 0 Å². The second-order valence-corrected chi connectivity index (χ2v) is 5.10. The Kier molecular flexibility index (Phi) is 2.74. The fraction of sp³-hybridized carbons (Fsp3) is 0.364. The van der Waals surface area contributed by atoms with E-state index in [1.54, 1.807) is 11.6 Å². The van der Waals surface area contributed by atoms with Crippen molar-refractivity contribution in [2.24, 2.45) is 7.05 Å². The molecule has 6 heteroatoms. The molecule has 17 heavy (non-hydrogen) atoms. The Morgan fingerprint density at radius 2 is 2.00 bits per heavy atom. The molecule has 2 rings (SSSR count). The van der Waals surface area contributed by atoms with Crippen molar-refractivity contribution < 1.29 is 9.90 Å². The van der Waals surface area contributed by atoms with Crippen LogP contribution in [0.4, 0.5) is 0 Å². The zero-order valence-corrected chi connectivity index (χ0v) is 10.9. The van der Waals surface area contributed by atoms with Crippen molar-refractivity contribution in [3.05, 3.63) is 22.0 Å². The van der Waals surface area contributed by atoms with Gasteiger partial charge in [-0.25, -0.2) is 9.78 Å². The highest BCUT2D eigenvalue weighted by Gasteiger charge is 2.19.